The van der Waals surface area contributed by atoms with E-state index in [9.17, 15) is 38.4 Å². The molecule has 2 aliphatic heterocycles. The van der Waals surface area contributed by atoms with Crippen LogP contribution in [0.25, 0.3) is 0 Å². The molecular formula is C58H77ClN6O13. The third kappa shape index (κ3) is 19.3. The van der Waals surface area contributed by atoms with E-state index in [2.05, 4.69) is 21.3 Å². The highest BCUT2D eigenvalue weighted by Gasteiger charge is 2.48. The van der Waals surface area contributed by atoms with Gasteiger partial charge in [-0.15, -0.1) is 0 Å². The topological polar surface area (TPSA) is 286 Å². The van der Waals surface area contributed by atoms with Crippen molar-refractivity contribution in [3.63, 3.8) is 0 Å². The first-order valence-electron chi connectivity index (χ1n) is 26.5. The number of urea groups is 1. The van der Waals surface area contributed by atoms with Gasteiger partial charge in [-0.05, 0) is 104 Å². The van der Waals surface area contributed by atoms with Crippen LogP contribution in [0.1, 0.15) is 115 Å². The molecule has 3 aromatic rings. The number of aryl methyl sites for hydroxylation is 1. The molecule has 0 unspecified atom stereocenters. The van der Waals surface area contributed by atoms with Crippen LogP contribution in [-0.2, 0) is 72.0 Å². The highest BCUT2D eigenvalue weighted by Crippen LogP contribution is 2.45. The molecule has 0 aromatic heterocycles. The van der Waals surface area contributed by atoms with Crippen molar-refractivity contribution in [1.82, 2.24) is 16.0 Å². The van der Waals surface area contributed by atoms with Crippen molar-refractivity contribution >= 4 is 64.7 Å². The van der Waals surface area contributed by atoms with Crippen molar-refractivity contribution < 1.29 is 62.0 Å². The van der Waals surface area contributed by atoms with Gasteiger partial charge in [0.1, 0.15) is 30.6 Å². The number of Topliss-reactive ketones (excluding diaryl/α,β-unsaturated/α-hetero) is 1. The van der Waals surface area contributed by atoms with Gasteiger partial charge in [-0.3, -0.25) is 28.8 Å². The Morgan fingerprint density at radius 3 is 2.23 bits per heavy atom. The quantitative estimate of drug-likeness (QED) is 0.0248. The monoisotopic (exact) mass is 1100 g/mol. The zero-order valence-electron chi connectivity index (χ0n) is 45.9. The molecule has 0 saturated carbocycles. The molecule has 424 valence electrons. The molecule has 0 bridgehead atoms. The van der Waals surface area contributed by atoms with Gasteiger partial charge in [-0.1, -0.05) is 94.8 Å². The Hall–Kier alpha value is -6.83. The first kappa shape index (κ1) is 62.0. The maximum absolute atomic E-state index is 13.9. The van der Waals surface area contributed by atoms with Crippen LogP contribution in [0.15, 0.2) is 78.9 Å². The fourth-order valence-corrected chi connectivity index (χ4v) is 9.02. The molecule has 5 rings (SSSR count). The van der Waals surface area contributed by atoms with Crippen LogP contribution in [0.4, 0.5) is 10.5 Å². The molecule has 19 nitrogen and oxygen atoms in total. The number of benzene rings is 3. The summed E-state index contributed by atoms with van der Waals surface area (Å²) < 4.78 is 29.0. The van der Waals surface area contributed by atoms with E-state index in [1.807, 2.05) is 58.9 Å². The van der Waals surface area contributed by atoms with Crippen LogP contribution in [0.2, 0.25) is 5.02 Å². The lowest BCUT2D eigenvalue weighted by Crippen LogP contribution is -2.51. The van der Waals surface area contributed by atoms with E-state index in [1.54, 1.807) is 62.4 Å². The SMILES string of the molecule is COc1ccc(C[C@H]2NC(=O)/C=C/C[C@@H]([C@H](C)[C@@H]3O[C@H]3c3ccc(CCC(=O)OCc4ccc(NC(=O)[C@H](CCCNC(N)=O)CC(=O)[C@@H](N)C(C)C)cc4)cc3)OC(=O)[C@H](CC(C)C)OC(=O)C(C)(C)CNC2=O)cc1Cl. The standard InChI is InChI=1S/C58H77ClN6O13/c1-33(2)27-47-55(71)76-45(12-9-13-48(67)65-43(29-38-18-24-46(74-8)42(59)28-38)54(70)63-32-58(6,7)56(72)77-47)35(5)51-52(78-51)39-20-14-36(15-21-39)19-25-49(68)75-31-37-16-22-41(23-17-37)64-53(69)40(11-10-26-62-57(61)73)30-44(66)50(60)34(3)4/h9,13-18,20-24,28,33-35,40,43,45,47,50-52H,10-12,19,25-27,29-32,60H2,1-8H3,(H,63,70)(H,64,69)(H,65,67)(H3,61,62,73)/b13-9+/t35-,40+,43+,45-,47-,50-,51-,52-/m0/s1. The molecule has 8 atom stereocenters. The zero-order valence-corrected chi connectivity index (χ0v) is 46.7. The molecule has 2 aliphatic rings. The molecule has 5 amide bonds. The second kappa shape index (κ2) is 29.2. The van der Waals surface area contributed by atoms with E-state index in [-0.39, 0.29) is 87.5 Å². The fraction of sp³-hybridized carbons (Fsp3) is 0.517. The van der Waals surface area contributed by atoms with Crippen molar-refractivity contribution in [2.45, 2.75) is 143 Å². The van der Waals surface area contributed by atoms with Crippen molar-refractivity contribution in [2.24, 2.45) is 40.6 Å². The molecule has 2 heterocycles. The molecule has 0 aliphatic carbocycles. The first-order valence-corrected chi connectivity index (χ1v) is 26.9. The van der Waals surface area contributed by atoms with Gasteiger partial charge >= 0.3 is 23.9 Å². The lowest BCUT2D eigenvalue weighted by molar-refractivity contribution is -0.179. The number of rotatable bonds is 23. The van der Waals surface area contributed by atoms with Crippen molar-refractivity contribution in [1.29, 1.82) is 0 Å². The first-order chi connectivity index (χ1) is 36.9. The van der Waals surface area contributed by atoms with Gasteiger partial charge in [0, 0.05) is 56.3 Å². The van der Waals surface area contributed by atoms with E-state index in [4.69, 9.17) is 46.8 Å². The third-order valence-corrected chi connectivity index (χ3v) is 14.1. The summed E-state index contributed by atoms with van der Waals surface area (Å²) >= 11 is 6.38. The maximum Gasteiger partial charge on any atom is 0.347 e. The van der Waals surface area contributed by atoms with Gasteiger partial charge in [0.2, 0.25) is 17.7 Å². The Bertz CT molecular complexity index is 2610. The molecular weight excluding hydrogens is 1020 g/mol. The average molecular weight is 1100 g/mol. The van der Waals surface area contributed by atoms with Gasteiger partial charge in [-0.25, -0.2) is 9.59 Å². The predicted molar refractivity (Wildman–Crippen MR) is 293 cm³/mol. The maximum atomic E-state index is 13.9. The Morgan fingerprint density at radius 1 is 0.910 bits per heavy atom. The van der Waals surface area contributed by atoms with Crippen LogP contribution in [-0.4, -0.2) is 98.0 Å². The number of epoxide rings is 1. The van der Waals surface area contributed by atoms with Crippen molar-refractivity contribution in [3.05, 3.63) is 106 Å². The van der Waals surface area contributed by atoms with Crippen molar-refractivity contribution in [3.8, 4) is 5.75 Å². The summed E-state index contributed by atoms with van der Waals surface area (Å²) in [5.41, 5.74) is 13.6. The minimum atomic E-state index is -1.27. The molecule has 3 aromatic carbocycles. The van der Waals surface area contributed by atoms with Crippen LogP contribution < -0.4 is 37.5 Å². The van der Waals surface area contributed by atoms with E-state index >= 15 is 0 Å². The molecule has 20 heteroatoms. The van der Waals surface area contributed by atoms with E-state index in [0.29, 0.717) is 46.8 Å². The molecule has 0 radical (unpaired) electrons. The summed E-state index contributed by atoms with van der Waals surface area (Å²) in [4.78, 5) is 105. The molecule has 8 N–H and O–H groups in total. The number of primary amides is 1. The minimum Gasteiger partial charge on any atom is -0.495 e. The smallest absolute Gasteiger partial charge is 0.347 e. The fourth-order valence-electron chi connectivity index (χ4n) is 8.74. The van der Waals surface area contributed by atoms with E-state index in [1.165, 1.54) is 13.2 Å². The summed E-state index contributed by atoms with van der Waals surface area (Å²) in [7, 11) is 1.49. The number of carbonyl (C=O) groups is 8. The van der Waals surface area contributed by atoms with E-state index in [0.717, 1.165) is 11.1 Å². The van der Waals surface area contributed by atoms with Gasteiger partial charge < -0.3 is 56.4 Å². The molecule has 1 fully saturated rings. The number of cyclic esters (lactones) is 2. The number of anilines is 1. The van der Waals surface area contributed by atoms with Gasteiger partial charge in [0.25, 0.3) is 0 Å². The number of hydrogen-bond donors (Lipinski definition) is 6. The molecule has 0 spiro atoms. The number of esters is 3. The predicted octanol–water partition coefficient (Wildman–Crippen LogP) is 6.75. The number of carbonyl (C=O) groups excluding carboxylic acids is 8. The number of ketones is 1. The average Bonchev–Trinajstić information content (AvgIpc) is 4.21. The Kier molecular flexibility index (Phi) is 23.2. The number of amides is 5. The second-order valence-corrected chi connectivity index (χ2v) is 21.9. The largest absolute Gasteiger partial charge is 0.495 e. The lowest BCUT2D eigenvalue weighted by atomic mass is 9.90. The summed E-state index contributed by atoms with van der Waals surface area (Å²) in [6, 6.07) is 17.1. The Morgan fingerprint density at radius 2 is 1.59 bits per heavy atom. The van der Waals surface area contributed by atoms with E-state index < -0.39 is 77.3 Å². The second-order valence-electron chi connectivity index (χ2n) is 21.5. The van der Waals surface area contributed by atoms with Crippen LogP contribution in [0.3, 0.4) is 0 Å². The normalized spacial score (nSPS) is 21.4. The number of ether oxygens (including phenoxy) is 5. The number of nitrogens with one attached hydrogen (secondary N) is 4. The van der Waals surface area contributed by atoms with Crippen LogP contribution in [0, 0.1) is 29.1 Å². The number of nitrogens with two attached hydrogens (primary N) is 2. The minimum absolute atomic E-state index is 0.0172. The number of methoxy groups -OCH3 is 1. The summed E-state index contributed by atoms with van der Waals surface area (Å²) in [5.74, 6) is -4.26. The molecule has 78 heavy (non-hydrogen) atoms. The van der Waals surface area contributed by atoms with Gasteiger partial charge in [0.05, 0.1) is 29.7 Å². The summed E-state index contributed by atoms with van der Waals surface area (Å²) in [5, 5.41) is 11.2. The van der Waals surface area contributed by atoms with Gasteiger partial charge in [0.15, 0.2) is 11.9 Å². The third-order valence-electron chi connectivity index (χ3n) is 13.8. The van der Waals surface area contributed by atoms with Crippen LogP contribution in [0.5, 0.6) is 5.75 Å². The zero-order chi connectivity index (χ0) is 57.3. The highest BCUT2D eigenvalue weighted by molar-refractivity contribution is 6.32. The number of hydrogen-bond acceptors (Lipinski definition) is 14. The Balaban J connectivity index is 1.17. The number of halogens is 1. The molecule has 1 saturated heterocycles. The summed E-state index contributed by atoms with van der Waals surface area (Å²) in [6.45, 7) is 12.7. The lowest BCUT2D eigenvalue weighted by Gasteiger charge is -2.29. The Labute approximate surface area is 461 Å². The highest BCUT2D eigenvalue weighted by atomic mass is 35.5. The van der Waals surface area contributed by atoms with Crippen LogP contribution >= 0.6 is 11.6 Å². The summed E-state index contributed by atoms with van der Waals surface area (Å²) in [6.07, 6.45) is 1.75. The van der Waals surface area contributed by atoms with Crippen molar-refractivity contribution in [2.75, 3.05) is 25.5 Å². The van der Waals surface area contributed by atoms with Gasteiger partial charge in [-0.2, -0.15) is 0 Å².